The molecule has 1 saturated heterocycles. The molecule has 2 aliphatic carbocycles. The zero-order chi connectivity index (χ0) is 36.4. The molecule has 0 bridgehead atoms. The first-order chi connectivity index (χ1) is 24.8. The van der Waals surface area contributed by atoms with Gasteiger partial charge < -0.3 is 34.0 Å². The lowest BCUT2D eigenvalue weighted by atomic mass is 9.76. The second-order valence-electron chi connectivity index (χ2n) is 15.3. The Morgan fingerprint density at radius 3 is 2.63 bits per heavy atom. The van der Waals surface area contributed by atoms with E-state index in [1.54, 1.807) is 13.4 Å². The summed E-state index contributed by atoms with van der Waals surface area (Å²) < 4.78 is 60.2. The number of hydrogen-bond acceptors (Lipinski definition) is 8. The van der Waals surface area contributed by atoms with Crippen molar-refractivity contribution in [3.8, 4) is 5.75 Å². The minimum Gasteiger partial charge on any atom is -0.497 e. The van der Waals surface area contributed by atoms with Crippen molar-refractivity contribution in [3.63, 3.8) is 0 Å². The van der Waals surface area contributed by atoms with Crippen molar-refractivity contribution in [2.45, 2.75) is 95.7 Å². The number of aromatic nitrogens is 5. The number of anilines is 1. The predicted molar refractivity (Wildman–Crippen MR) is 192 cm³/mol. The van der Waals surface area contributed by atoms with Crippen molar-refractivity contribution >= 4 is 27.9 Å². The number of aryl methyl sites for hydroxylation is 2. The molecule has 1 aliphatic heterocycles. The Kier molecular flexibility index (Phi) is 8.94. The number of benzene rings is 2. The van der Waals surface area contributed by atoms with Gasteiger partial charge in [0.05, 0.1) is 41.2 Å². The van der Waals surface area contributed by atoms with Crippen molar-refractivity contribution in [1.29, 1.82) is 0 Å². The molecule has 2 saturated carbocycles. The Morgan fingerprint density at radius 2 is 1.87 bits per heavy atom. The summed E-state index contributed by atoms with van der Waals surface area (Å²) in [6, 6.07) is 12.4. The van der Waals surface area contributed by atoms with Gasteiger partial charge in [0.2, 0.25) is 0 Å². The summed E-state index contributed by atoms with van der Waals surface area (Å²) in [5, 5.41) is 4.50. The van der Waals surface area contributed by atoms with E-state index < -0.39 is 17.5 Å². The van der Waals surface area contributed by atoms with Gasteiger partial charge in [0, 0.05) is 37.7 Å². The molecular formula is C39H46F3N7O3. The van der Waals surface area contributed by atoms with Crippen LogP contribution in [-0.2, 0) is 28.6 Å². The molecule has 0 radical (unpaired) electrons. The number of ether oxygens (including phenoxy) is 3. The molecule has 0 spiro atoms. The third-order valence-electron chi connectivity index (χ3n) is 11.4. The molecule has 10 nitrogen and oxygen atoms in total. The summed E-state index contributed by atoms with van der Waals surface area (Å²) in [4.78, 5) is 19.5. The van der Waals surface area contributed by atoms with Gasteiger partial charge in [0.1, 0.15) is 35.5 Å². The Labute approximate surface area is 301 Å². The lowest BCUT2D eigenvalue weighted by molar-refractivity contribution is -0.161. The first-order valence-corrected chi connectivity index (χ1v) is 18.2. The molecule has 0 unspecified atom stereocenters. The van der Waals surface area contributed by atoms with E-state index in [0.717, 1.165) is 84.8 Å². The maximum absolute atomic E-state index is 13.1. The van der Waals surface area contributed by atoms with Crippen molar-refractivity contribution in [1.82, 2.24) is 29.4 Å². The van der Waals surface area contributed by atoms with E-state index in [2.05, 4.69) is 62.0 Å². The number of methoxy groups -OCH3 is 1. The molecule has 2 aromatic carbocycles. The minimum absolute atomic E-state index is 0.0285. The van der Waals surface area contributed by atoms with Crippen molar-refractivity contribution in [2.75, 3.05) is 26.0 Å². The molecule has 4 atom stereocenters. The molecular weight excluding hydrogens is 671 g/mol. The minimum atomic E-state index is -4.37. The van der Waals surface area contributed by atoms with E-state index >= 15 is 0 Å². The monoisotopic (exact) mass is 717 g/mol. The predicted octanol–water partition coefficient (Wildman–Crippen LogP) is 7.68. The van der Waals surface area contributed by atoms with Crippen LogP contribution in [0.2, 0.25) is 0 Å². The van der Waals surface area contributed by atoms with Crippen LogP contribution in [0.1, 0.15) is 68.1 Å². The number of rotatable bonds is 11. The van der Waals surface area contributed by atoms with Gasteiger partial charge in [-0.15, -0.1) is 0 Å². The summed E-state index contributed by atoms with van der Waals surface area (Å²) in [6.07, 6.45) is 4.01. The third kappa shape index (κ3) is 6.74. The molecule has 276 valence electrons. The van der Waals surface area contributed by atoms with Gasteiger partial charge >= 0.3 is 6.18 Å². The fourth-order valence-corrected chi connectivity index (χ4v) is 8.57. The van der Waals surface area contributed by atoms with Crippen LogP contribution in [0.5, 0.6) is 5.75 Å². The molecule has 5 aromatic rings. The van der Waals surface area contributed by atoms with Crippen LogP contribution in [0.25, 0.3) is 22.1 Å². The van der Waals surface area contributed by atoms with Crippen LogP contribution in [-0.4, -0.2) is 74.1 Å². The van der Waals surface area contributed by atoms with Crippen LogP contribution in [0.15, 0.2) is 55.0 Å². The first kappa shape index (κ1) is 34.9. The number of aromatic amines is 1. The highest BCUT2D eigenvalue weighted by Gasteiger charge is 2.55. The molecule has 0 amide bonds. The lowest BCUT2D eigenvalue weighted by Crippen LogP contribution is -2.46. The highest BCUT2D eigenvalue weighted by atomic mass is 19.4. The SMILES string of the molecule is COc1ccc(CNc2ncnc3c2ccn3[C@@H]2C[C@H](CN(C)C3CC(CCc4nc5ccc(C(F)(F)F)cc5[nH]4)C3)[C@H]3OC(C)(C)O[C@H]32)c(C)c1. The Hall–Kier alpha value is -4.20. The molecule has 3 aromatic heterocycles. The normalized spacial score (nSPS) is 25.6. The smallest absolute Gasteiger partial charge is 0.416 e. The van der Waals surface area contributed by atoms with E-state index in [1.165, 1.54) is 11.6 Å². The zero-order valence-corrected chi connectivity index (χ0v) is 30.2. The van der Waals surface area contributed by atoms with Gasteiger partial charge in [0.15, 0.2) is 5.79 Å². The highest BCUT2D eigenvalue weighted by molar-refractivity contribution is 5.87. The number of imidazole rings is 1. The molecule has 4 heterocycles. The van der Waals surface area contributed by atoms with E-state index in [9.17, 15) is 13.2 Å². The average molecular weight is 718 g/mol. The van der Waals surface area contributed by atoms with E-state index in [1.807, 2.05) is 26.0 Å². The highest BCUT2D eigenvalue weighted by Crippen LogP contribution is 2.49. The van der Waals surface area contributed by atoms with Crippen LogP contribution in [0, 0.1) is 18.8 Å². The first-order valence-electron chi connectivity index (χ1n) is 18.2. The number of H-pyrrole nitrogens is 1. The third-order valence-corrected chi connectivity index (χ3v) is 11.4. The van der Waals surface area contributed by atoms with Gasteiger partial charge in [-0.3, -0.25) is 0 Å². The molecule has 52 heavy (non-hydrogen) atoms. The quantitative estimate of drug-likeness (QED) is 0.144. The van der Waals surface area contributed by atoms with E-state index in [4.69, 9.17) is 19.2 Å². The maximum Gasteiger partial charge on any atom is 0.416 e. The van der Waals surface area contributed by atoms with Gasteiger partial charge in [0.25, 0.3) is 0 Å². The topological polar surface area (TPSA) is 102 Å². The molecule has 3 fully saturated rings. The molecule has 13 heteroatoms. The number of nitrogens with one attached hydrogen (secondary N) is 2. The largest absolute Gasteiger partial charge is 0.497 e. The second kappa shape index (κ2) is 13.3. The summed E-state index contributed by atoms with van der Waals surface area (Å²) in [6.45, 7) is 7.61. The van der Waals surface area contributed by atoms with Crippen LogP contribution >= 0.6 is 0 Å². The van der Waals surface area contributed by atoms with Crippen LogP contribution < -0.4 is 10.1 Å². The summed E-state index contributed by atoms with van der Waals surface area (Å²) >= 11 is 0. The zero-order valence-electron chi connectivity index (χ0n) is 30.2. The number of hydrogen-bond donors (Lipinski definition) is 2. The van der Waals surface area contributed by atoms with Crippen LogP contribution in [0.4, 0.5) is 19.0 Å². The fourth-order valence-electron chi connectivity index (χ4n) is 8.57. The van der Waals surface area contributed by atoms with Crippen molar-refractivity contribution in [3.05, 3.63) is 77.5 Å². The number of alkyl halides is 3. The second-order valence-corrected chi connectivity index (χ2v) is 15.3. The number of nitrogens with zero attached hydrogens (tertiary/aromatic N) is 5. The van der Waals surface area contributed by atoms with Crippen molar-refractivity contribution in [2.24, 2.45) is 11.8 Å². The number of fused-ring (bicyclic) bond motifs is 3. The van der Waals surface area contributed by atoms with Crippen molar-refractivity contribution < 1.29 is 27.4 Å². The van der Waals surface area contributed by atoms with Crippen LogP contribution in [0.3, 0.4) is 0 Å². The average Bonchev–Trinajstić information content (AvgIpc) is 3.84. The standard InChI is InChI=1S/C39H46F3N7O3/c1-22-14-28(50-5)9-7-24(22)19-43-36-29-12-13-49(37(29)45-21-44-36)32-17-25(34-35(32)52-38(2,3)51-34)20-48(4)27-15-23(16-27)6-11-33-46-30-10-8-26(39(40,41)42)18-31(30)47-33/h7-10,12-14,18,21,23,25,27,32,34-35H,6,11,15-17,19-20H2,1-5H3,(H,46,47)(H,43,44,45)/t23?,25-,27?,32-,34-,35+/m1/s1. The van der Waals surface area contributed by atoms with Gasteiger partial charge in [-0.05, 0) is 107 Å². The Morgan fingerprint density at radius 1 is 1.06 bits per heavy atom. The molecule has 2 N–H and O–H groups in total. The summed E-state index contributed by atoms with van der Waals surface area (Å²) in [5.74, 6) is 2.56. The Bertz CT molecular complexity index is 2070. The van der Waals surface area contributed by atoms with Gasteiger partial charge in [-0.25, -0.2) is 15.0 Å². The summed E-state index contributed by atoms with van der Waals surface area (Å²) in [7, 11) is 3.89. The van der Waals surface area contributed by atoms with Gasteiger partial charge in [-0.2, -0.15) is 13.2 Å². The molecule has 3 aliphatic rings. The Balaban J connectivity index is 0.899. The maximum atomic E-state index is 13.1. The molecule has 8 rings (SSSR count). The lowest BCUT2D eigenvalue weighted by Gasteiger charge is -2.42. The van der Waals surface area contributed by atoms with E-state index in [0.29, 0.717) is 29.5 Å². The van der Waals surface area contributed by atoms with E-state index in [-0.39, 0.29) is 24.2 Å². The fraction of sp³-hybridized carbons (Fsp3) is 0.513. The number of halogens is 3. The van der Waals surface area contributed by atoms with Gasteiger partial charge in [-0.1, -0.05) is 6.07 Å². The summed E-state index contributed by atoms with van der Waals surface area (Å²) in [5.41, 5.74) is 3.54.